The zero-order chi connectivity index (χ0) is 16.5. The van der Waals surface area contributed by atoms with Gasteiger partial charge in [-0.3, -0.25) is 4.52 Å². The van der Waals surface area contributed by atoms with Crippen LogP contribution in [-0.2, 0) is 9.09 Å². The summed E-state index contributed by atoms with van der Waals surface area (Å²) in [7, 11) is -4.65. The molecule has 0 heterocycles. The molecule has 0 rings (SSSR count). The van der Waals surface area contributed by atoms with Crippen molar-refractivity contribution in [3.05, 3.63) is 34.9 Å². The standard InChI is InChI=1S/C15H27O5P/c1-12(2)7-5-8-13(3)9-6-10-14(4)11-15(16)20-21(17,18)19/h7,9,11,15-16H,5-6,8,10H2,1-4H3,(H2,17,18,19). The van der Waals surface area contributed by atoms with Gasteiger partial charge in [-0.2, -0.15) is 0 Å². The van der Waals surface area contributed by atoms with Crippen molar-refractivity contribution in [3.8, 4) is 0 Å². The summed E-state index contributed by atoms with van der Waals surface area (Å²) in [6.45, 7) is 8.04. The summed E-state index contributed by atoms with van der Waals surface area (Å²) in [6.07, 6.45) is 7.68. The fraction of sp³-hybridized carbons (Fsp3) is 0.600. The van der Waals surface area contributed by atoms with Crippen molar-refractivity contribution in [2.45, 2.75) is 59.7 Å². The minimum Gasteiger partial charge on any atom is -0.364 e. The Balaban J connectivity index is 4.15. The lowest BCUT2D eigenvalue weighted by Crippen LogP contribution is -2.07. The molecule has 0 aliphatic carbocycles. The van der Waals surface area contributed by atoms with Gasteiger partial charge in [-0.25, -0.2) is 4.57 Å². The van der Waals surface area contributed by atoms with Gasteiger partial charge in [-0.05, 0) is 59.5 Å². The minimum absolute atomic E-state index is 0.710. The quantitative estimate of drug-likeness (QED) is 0.342. The predicted molar refractivity (Wildman–Crippen MR) is 84.5 cm³/mol. The summed E-state index contributed by atoms with van der Waals surface area (Å²) in [5.74, 6) is 0. The molecular formula is C15H27O5P. The lowest BCUT2D eigenvalue weighted by molar-refractivity contribution is 0.000939. The van der Waals surface area contributed by atoms with Crippen LogP contribution in [-0.4, -0.2) is 21.2 Å². The Labute approximate surface area is 127 Å². The van der Waals surface area contributed by atoms with Gasteiger partial charge >= 0.3 is 7.82 Å². The second-order valence-corrected chi connectivity index (χ2v) is 6.60. The molecule has 21 heavy (non-hydrogen) atoms. The van der Waals surface area contributed by atoms with Gasteiger partial charge in [0.2, 0.25) is 0 Å². The van der Waals surface area contributed by atoms with Gasteiger partial charge in [0.15, 0.2) is 6.29 Å². The summed E-state index contributed by atoms with van der Waals surface area (Å²) in [4.78, 5) is 17.1. The van der Waals surface area contributed by atoms with Crippen molar-refractivity contribution >= 4 is 7.82 Å². The lowest BCUT2D eigenvalue weighted by Gasteiger charge is -2.09. The van der Waals surface area contributed by atoms with Crippen LogP contribution in [0.4, 0.5) is 0 Å². The molecule has 1 unspecified atom stereocenters. The van der Waals surface area contributed by atoms with E-state index in [1.807, 2.05) is 0 Å². The summed E-state index contributed by atoms with van der Waals surface area (Å²) in [5, 5.41) is 9.32. The average Bonchev–Trinajstić information content (AvgIpc) is 2.25. The molecule has 0 aromatic rings. The molecule has 0 aromatic carbocycles. The van der Waals surface area contributed by atoms with Crippen molar-refractivity contribution < 1.29 is 24.0 Å². The van der Waals surface area contributed by atoms with E-state index in [2.05, 4.69) is 37.4 Å². The third kappa shape index (κ3) is 14.0. The smallest absolute Gasteiger partial charge is 0.364 e. The first-order chi connectivity index (χ1) is 9.60. The van der Waals surface area contributed by atoms with Crippen molar-refractivity contribution in [1.82, 2.24) is 0 Å². The van der Waals surface area contributed by atoms with Gasteiger partial charge in [-0.1, -0.05) is 28.9 Å². The van der Waals surface area contributed by atoms with E-state index in [1.165, 1.54) is 17.2 Å². The molecule has 0 spiro atoms. The highest BCUT2D eigenvalue weighted by Gasteiger charge is 2.18. The fourth-order valence-electron chi connectivity index (χ4n) is 1.73. The highest BCUT2D eigenvalue weighted by Crippen LogP contribution is 2.37. The number of phosphoric acid groups is 1. The molecule has 0 saturated carbocycles. The number of phosphoric ester groups is 1. The van der Waals surface area contributed by atoms with Gasteiger partial charge in [0.1, 0.15) is 0 Å². The van der Waals surface area contributed by atoms with Crippen molar-refractivity contribution in [2.24, 2.45) is 0 Å². The van der Waals surface area contributed by atoms with Crippen LogP contribution >= 0.6 is 7.82 Å². The molecule has 0 radical (unpaired) electrons. The van der Waals surface area contributed by atoms with Crippen molar-refractivity contribution in [3.63, 3.8) is 0 Å². The Morgan fingerprint density at radius 2 is 1.57 bits per heavy atom. The average molecular weight is 318 g/mol. The number of aliphatic hydroxyl groups is 1. The van der Waals surface area contributed by atoms with Crippen LogP contribution in [0, 0.1) is 0 Å². The number of hydrogen-bond donors (Lipinski definition) is 3. The molecule has 122 valence electrons. The Bertz CT molecular complexity index is 441. The predicted octanol–water partition coefficient (Wildman–Crippen LogP) is 3.83. The third-order valence-electron chi connectivity index (χ3n) is 2.80. The summed E-state index contributed by atoms with van der Waals surface area (Å²) >= 11 is 0. The van der Waals surface area contributed by atoms with E-state index in [0.717, 1.165) is 24.8 Å². The van der Waals surface area contributed by atoms with Crippen LogP contribution in [0.1, 0.15) is 53.4 Å². The van der Waals surface area contributed by atoms with Crippen LogP contribution in [0.2, 0.25) is 0 Å². The molecule has 3 N–H and O–H groups in total. The second-order valence-electron chi connectivity index (χ2n) is 5.41. The largest absolute Gasteiger partial charge is 0.472 e. The summed E-state index contributed by atoms with van der Waals surface area (Å²) in [5.41, 5.74) is 3.46. The van der Waals surface area contributed by atoms with Crippen LogP contribution < -0.4 is 0 Å². The maximum absolute atomic E-state index is 10.5. The van der Waals surface area contributed by atoms with E-state index in [0.29, 0.717) is 6.42 Å². The normalized spacial score (nSPS) is 15.0. The van der Waals surface area contributed by atoms with Crippen molar-refractivity contribution in [2.75, 3.05) is 0 Å². The van der Waals surface area contributed by atoms with Crippen LogP contribution in [0.5, 0.6) is 0 Å². The first-order valence-electron chi connectivity index (χ1n) is 6.98. The zero-order valence-corrected chi connectivity index (χ0v) is 14.1. The number of aliphatic hydroxyl groups excluding tert-OH is 1. The monoisotopic (exact) mass is 318 g/mol. The number of allylic oxidation sites excluding steroid dienone is 5. The maximum atomic E-state index is 10.5. The van der Waals surface area contributed by atoms with E-state index in [9.17, 15) is 9.67 Å². The zero-order valence-electron chi connectivity index (χ0n) is 13.2. The fourth-order valence-corrected chi connectivity index (χ4v) is 2.08. The van der Waals surface area contributed by atoms with E-state index in [-0.39, 0.29) is 0 Å². The lowest BCUT2D eigenvalue weighted by atomic mass is 10.1. The second kappa shape index (κ2) is 10.1. The highest BCUT2D eigenvalue weighted by atomic mass is 31.2. The van der Waals surface area contributed by atoms with Crippen LogP contribution in [0.3, 0.4) is 0 Å². The Morgan fingerprint density at radius 3 is 2.10 bits per heavy atom. The van der Waals surface area contributed by atoms with Gasteiger partial charge in [0.05, 0.1) is 0 Å². The number of rotatable bonds is 9. The van der Waals surface area contributed by atoms with E-state index in [1.54, 1.807) is 6.92 Å². The van der Waals surface area contributed by atoms with Gasteiger partial charge in [0.25, 0.3) is 0 Å². The topological polar surface area (TPSA) is 87.0 Å². The first kappa shape index (κ1) is 20.3. The van der Waals surface area contributed by atoms with Crippen molar-refractivity contribution in [1.29, 1.82) is 0 Å². The molecule has 0 amide bonds. The first-order valence-corrected chi connectivity index (χ1v) is 8.51. The highest BCUT2D eigenvalue weighted by molar-refractivity contribution is 7.46. The Kier molecular flexibility index (Phi) is 9.75. The Hall–Kier alpha value is -0.710. The molecule has 0 aliphatic heterocycles. The summed E-state index contributed by atoms with van der Waals surface area (Å²) < 4.78 is 14.7. The molecule has 5 nitrogen and oxygen atoms in total. The van der Waals surface area contributed by atoms with Crippen LogP contribution in [0.25, 0.3) is 0 Å². The van der Waals surface area contributed by atoms with Crippen LogP contribution in [0.15, 0.2) is 34.9 Å². The molecule has 0 aliphatic rings. The molecule has 1 atom stereocenters. The van der Waals surface area contributed by atoms with E-state index < -0.39 is 14.1 Å². The molecule has 0 fully saturated rings. The number of hydrogen-bond acceptors (Lipinski definition) is 3. The van der Waals surface area contributed by atoms with Gasteiger partial charge in [-0.15, -0.1) is 0 Å². The molecule has 0 aromatic heterocycles. The minimum atomic E-state index is -4.65. The Morgan fingerprint density at radius 1 is 1.05 bits per heavy atom. The van der Waals surface area contributed by atoms with Gasteiger partial charge < -0.3 is 14.9 Å². The molecule has 6 heteroatoms. The van der Waals surface area contributed by atoms with E-state index >= 15 is 0 Å². The third-order valence-corrected chi connectivity index (χ3v) is 3.29. The SMILES string of the molecule is CC(C)=CCCC(C)=CCCC(C)=CC(O)OP(=O)(O)O. The van der Waals surface area contributed by atoms with E-state index in [4.69, 9.17) is 9.79 Å². The molecule has 0 bridgehead atoms. The van der Waals surface area contributed by atoms with Gasteiger partial charge in [0, 0.05) is 0 Å². The maximum Gasteiger partial charge on any atom is 0.472 e. The molecule has 0 saturated heterocycles. The molecular weight excluding hydrogens is 291 g/mol. The summed E-state index contributed by atoms with van der Waals surface area (Å²) in [6, 6.07) is 0.